The maximum Gasteiger partial charge on any atom is 0.314 e. The Morgan fingerprint density at radius 2 is 1.82 bits per heavy atom. The second-order valence-corrected chi connectivity index (χ2v) is 7.60. The third kappa shape index (κ3) is 3.90. The molecule has 0 unspecified atom stereocenters. The van der Waals surface area contributed by atoms with Crippen LogP contribution >= 0.6 is 0 Å². The van der Waals surface area contributed by atoms with Crippen molar-refractivity contribution in [1.29, 1.82) is 0 Å². The summed E-state index contributed by atoms with van der Waals surface area (Å²) in [5.41, 5.74) is 1.47. The highest BCUT2D eigenvalue weighted by Gasteiger charge is 2.39. The zero-order chi connectivity index (χ0) is 23.8. The van der Waals surface area contributed by atoms with E-state index in [0.29, 0.717) is 11.1 Å². The van der Waals surface area contributed by atoms with Gasteiger partial charge in [0.2, 0.25) is 5.89 Å². The lowest BCUT2D eigenvalue weighted by Crippen LogP contribution is -2.34. The molecule has 1 aliphatic rings. The molecular weight excluding hydrogens is 451 g/mol. The molecule has 3 heterocycles. The highest BCUT2D eigenvalue weighted by molar-refractivity contribution is 5.99. The van der Waals surface area contributed by atoms with Crippen LogP contribution in [0.4, 0.5) is 13.2 Å². The number of alkyl halides is 2. The van der Waals surface area contributed by atoms with Crippen molar-refractivity contribution in [2.24, 2.45) is 0 Å². The molecule has 11 heteroatoms. The summed E-state index contributed by atoms with van der Waals surface area (Å²) < 4.78 is 44.4. The largest absolute Gasteiger partial charge is 0.415 e. The van der Waals surface area contributed by atoms with Gasteiger partial charge >= 0.3 is 6.43 Å². The van der Waals surface area contributed by atoms with Crippen LogP contribution in [-0.4, -0.2) is 36.1 Å². The third-order valence-electron chi connectivity index (χ3n) is 5.49. The number of aliphatic hydroxyl groups is 1. The van der Waals surface area contributed by atoms with E-state index in [1.165, 1.54) is 41.6 Å². The van der Waals surface area contributed by atoms with Gasteiger partial charge in [0.25, 0.3) is 11.8 Å². The van der Waals surface area contributed by atoms with Gasteiger partial charge in [0.05, 0.1) is 0 Å². The van der Waals surface area contributed by atoms with Gasteiger partial charge in [0, 0.05) is 30.1 Å². The second kappa shape index (κ2) is 8.67. The van der Waals surface area contributed by atoms with Crippen LogP contribution in [0, 0.1) is 5.82 Å². The Kier molecular flexibility index (Phi) is 5.54. The molecule has 2 aromatic heterocycles. The zero-order valence-corrected chi connectivity index (χ0v) is 17.3. The lowest BCUT2D eigenvalue weighted by atomic mass is 10.00. The van der Waals surface area contributed by atoms with Crippen LogP contribution in [-0.2, 0) is 6.54 Å². The summed E-state index contributed by atoms with van der Waals surface area (Å²) in [6.07, 6.45) is -1.27. The first-order valence-electron chi connectivity index (χ1n) is 10.2. The lowest BCUT2D eigenvalue weighted by molar-refractivity contribution is 0.0331. The van der Waals surface area contributed by atoms with Crippen molar-refractivity contribution >= 4 is 5.91 Å². The maximum absolute atomic E-state index is 13.8. The van der Waals surface area contributed by atoms with Crippen LogP contribution in [0.25, 0.3) is 11.5 Å². The number of halogens is 3. The molecule has 0 saturated heterocycles. The Morgan fingerprint density at radius 3 is 2.53 bits per heavy atom. The molecule has 4 aromatic rings. The van der Waals surface area contributed by atoms with Crippen LogP contribution < -0.4 is 0 Å². The summed E-state index contributed by atoms with van der Waals surface area (Å²) in [4.78, 5) is 23.2. The first-order valence-corrected chi connectivity index (χ1v) is 10.2. The van der Waals surface area contributed by atoms with Gasteiger partial charge < -0.3 is 14.4 Å². The Balaban J connectivity index is 1.51. The number of aromatic nitrogens is 4. The van der Waals surface area contributed by atoms with Crippen molar-refractivity contribution in [2.75, 3.05) is 0 Å². The molecule has 172 valence electrons. The number of carbonyl (C=O) groups excluding carboxylic acids is 1. The smallest absolute Gasteiger partial charge is 0.314 e. The maximum atomic E-state index is 13.8. The van der Waals surface area contributed by atoms with E-state index in [-0.39, 0.29) is 29.4 Å². The van der Waals surface area contributed by atoms with Gasteiger partial charge in [0.1, 0.15) is 18.0 Å². The molecule has 0 fully saturated rings. The topological polar surface area (TPSA) is 105 Å². The van der Waals surface area contributed by atoms with Crippen molar-refractivity contribution in [3.8, 4) is 11.5 Å². The Bertz CT molecular complexity index is 1350. The van der Waals surface area contributed by atoms with E-state index >= 15 is 0 Å². The minimum Gasteiger partial charge on any atom is -0.415 e. The van der Waals surface area contributed by atoms with Crippen LogP contribution in [0.3, 0.4) is 0 Å². The quantitative estimate of drug-likeness (QED) is 0.456. The van der Waals surface area contributed by atoms with E-state index in [1.807, 2.05) is 0 Å². The van der Waals surface area contributed by atoms with Gasteiger partial charge in [-0.05, 0) is 41.5 Å². The Morgan fingerprint density at radius 1 is 1.03 bits per heavy atom. The number of benzene rings is 2. The van der Waals surface area contributed by atoms with Crippen molar-refractivity contribution in [2.45, 2.75) is 25.1 Å². The Hall–Kier alpha value is -4.12. The molecular formula is C23H16F3N5O3. The van der Waals surface area contributed by atoms with Crippen LogP contribution in [0.1, 0.15) is 51.8 Å². The minimum absolute atomic E-state index is 0.121. The van der Waals surface area contributed by atoms with Gasteiger partial charge in [-0.2, -0.15) is 8.78 Å². The molecule has 5 rings (SSSR count). The summed E-state index contributed by atoms with van der Waals surface area (Å²) in [5.74, 6) is -1.76. The van der Waals surface area contributed by atoms with Gasteiger partial charge in [0.15, 0.2) is 5.82 Å². The van der Waals surface area contributed by atoms with E-state index in [4.69, 9.17) is 4.42 Å². The van der Waals surface area contributed by atoms with Crippen LogP contribution in [0.15, 0.2) is 65.3 Å². The molecule has 34 heavy (non-hydrogen) atoms. The summed E-state index contributed by atoms with van der Waals surface area (Å²) in [6, 6.07) is 10.7. The van der Waals surface area contributed by atoms with Crippen molar-refractivity contribution in [1.82, 2.24) is 25.1 Å². The molecule has 0 aliphatic carbocycles. The number of hydrogen-bond donors (Lipinski definition) is 1. The molecule has 0 saturated carbocycles. The lowest BCUT2D eigenvalue weighted by Gasteiger charge is -2.30. The van der Waals surface area contributed by atoms with Crippen LogP contribution in [0.2, 0.25) is 0 Å². The fourth-order valence-electron chi connectivity index (χ4n) is 3.91. The van der Waals surface area contributed by atoms with Crippen LogP contribution in [0.5, 0.6) is 0 Å². The van der Waals surface area contributed by atoms with Crippen molar-refractivity contribution in [3.63, 3.8) is 0 Å². The molecule has 0 bridgehead atoms. The van der Waals surface area contributed by atoms with E-state index in [2.05, 4.69) is 20.2 Å². The van der Waals surface area contributed by atoms with Gasteiger partial charge in [-0.3, -0.25) is 4.79 Å². The number of nitrogens with zero attached hydrogens (tertiary/aromatic N) is 5. The van der Waals surface area contributed by atoms with Crippen molar-refractivity contribution < 1.29 is 27.5 Å². The number of carbonyl (C=O) groups is 1. The SMILES string of the molecule is O=C1c2cc(-c3nnc(C(F)F)o3)ccc2CN1[C@H](c1ncccn1)[C@H](O)c1cccc(F)c1. The predicted molar refractivity (Wildman–Crippen MR) is 111 cm³/mol. The standard InChI is InChI=1S/C23H16F3N5O3/c24-15-4-1-3-12(9-15)18(32)17(20-27-7-2-8-28-20)31-11-14-6-5-13(10-16(14)23(31)33)21-29-30-22(34-21)19(25)26/h1-10,17-19,32H,11H2/t17-,18+/m0/s1. The predicted octanol–water partition coefficient (Wildman–Crippen LogP) is 4.03. The van der Waals surface area contributed by atoms with Crippen molar-refractivity contribution in [3.05, 3.63) is 95.1 Å². The molecule has 2 atom stereocenters. The normalized spacial score (nSPS) is 15.0. The first-order chi connectivity index (χ1) is 16.4. The van der Waals surface area contributed by atoms with Gasteiger partial charge in [-0.25, -0.2) is 14.4 Å². The monoisotopic (exact) mass is 467 g/mol. The molecule has 8 nitrogen and oxygen atoms in total. The summed E-state index contributed by atoms with van der Waals surface area (Å²) in [6.45, 7) is 0.121. The average Bonchev–Trinajstić information content (AvgIpc) is 3.46. The van der Waals surface area contributed by atoms with Gasteiger partial charge in [-0.1, -0.05) is 18.2 Å². The summed E-state index contributed by atoms with van der Waals surface area (Å²) >= 11 is 0. The number of aliphatic hydroxyl groups excluding tert-OH is 1. The average molecular weight is 467 g/mol. The summed E-state index contributed by atoms with van der Waals surface area (Å²) in [7, 11) is 0. The molecule has 0 radical (unpaired) electrons. The van der Waals surface area contributed by atoms with E-state index in [0.717, 1.165) is 0 Å². The minimum atomic E-state index is -2.91. The highest BCUT2D eigenvalue weighted by Crippen LogP contribution is 2.39. The fourth-order valence-corrected chi connectivity index (χ4v) is 3.91. The fraction of sp³-hybridized carbons (Fsp3) is 0.174. The van der Waals surface area contributed by atoms with E-state index in [1.54, 1.807) is 24.3 Å². The molecule has 1 N–H and O–H groups in total. The highest BCUT2D eigenvalue weighted by atomic mass is 19.3. The van der Waals surface area contributed by atoms with Gasteiger partial charge in [-0.15, -0.1) is 10.2 Å². The van der Waals surface area contributed by atoms with E-state index < -0.39 is 36.2 Å². The molecule has 1 amide bonds. The Labute approximate surface area is 190 Å². The number of fused-ring (bicyclic) bond motifs is 1. The zero-order valence-electron chi connectivity index (χ0n) is 17.3. The molecule has 2 aromatic carbocycles. The number of hydrogen-bond acceptors (Lipinski definition) is 7. The molecule has 1 aliphatic heterocycles. The number of rotatable bonds is 6. The summed E-state index contributed by atoms with van der Waals surface area (Å²) in [5, 5.41) is 18.1. The first kappa shape index (κ1) is 21.7. The van der Waals surface area contributed by atoms with E-state index in [9.17, 15) is 23.1 Å². The number of amides is 1. The third-order valence-corrected chi connectivity index (χ3v) is 5.49. The second-order valence-electron chi connectivity index (χ2n) is 7.60. The molecule has 0 spiro atoms.